The highest BCUT2D eigenvalue weighted by Gasteiger charge is 2.38. The van der Waals surface area contributed by atoms with Gasteiger partial charge in [-0.3, -0.25) is 44.3 Å². The Morgan fingerprint density at radius 3 is 1.09 bits per heavy atom. The van der Waals surface area contributed by atoms with Crippen molar-refractivity contribution in [3.8, 4) is 61.8 Å². The quantitative estimate of drug-likeness (QED) is 0.104. The number of methoxy groups -OCH3 is 1. The Balaban J connectivity index is 0.000000103. The third-order valence-electron chi connectivity index (χ3n) is 28.9. The summed E-state index contributed by atoms with van der Waals surface area (Å²) >= 11 is 0. The molecule has 682 valence electrons. The van der Waals surface area contributed by atoms with Gasteiger partial charge in [0.1, 0.15) is 0 Å². The number of piperazine rings is 4. The molecule has 12 aromatic heterocycles. The Labute approximate surface area is 770 Å². The lowest BCUT2D eigenvalue weighted by atomic mass is 10.0. The van der Waals surface area contributed by atoms with Crippen molar-refractivity contribution in [2.75, 3.05) is 212 Å². The zero-order valence-electron chi connectivity index (χ0n) is 76.5. The van der Waals surface area contributed by atoms with Gasteiger partial charge in [-0.2, -0.15) is 20.4 Å². The van der Waals surface area contributed by atoms with Crippen LogP contribution >= 0.6 is 0 Å². The van der Waals surface area contributed by atoms with Crippen LogP contribution in [0.2, 0.25) is 0 Å². The van der Waals surface area contributed by atoms with Gasteiger partial charge in [0, 0.05) is 256 Å². The van der Waals surface area contributed by atoms with E-state index < -0.39 is 5.82 Å². The average molecular weight is 1790 g/mol. The molecule has 133 heavy (non-hydrogen) atoms. The van der Waals surface area contributed by atoms with Crippen LogP contribution in [0.1, 0.15) is 36.8 Å². The molecule has 0 saturated carbocycles. The van der Waals surface area contributed by atoms with Crippen molar-refractivity contribution in [2.45, 2.75) is 63.7 Å². The molecule has 0 N–H and O–H groups in total. The zero-order chi connectivity index (χ0) is 90.1. The fourth-order valence-corrected chi connectivity index (χ4v) is 20.6. The minimum absolute atomic E-state index is 0.174. The topological polar surface area (TPSA) is 256 Å². The minimum Gasteiger partial charge on any atom is -0.494 e. The summed E-state index contributed by atoms with van der Waals surface area (Å²) in [7, 11) is 9.96. The van der Waals surface area contributed by atoms with Crippen LogP contribution in [0, 0.1) is 19.7 Å². The molecule has 0 atom stereocenters. The molecule has 8 saturated heterocycles. The second-order valence-electron chi connectivity index (χ2n) is 37.1. The number of benzene rings is 4. The molecule has 9 aliphatic rings. The predicted molar refractivity (Wildman–Crippen MR) is 516 cm³/mol. The summed E-state index contributed by atoms with van der Waals surface area (Å²) < 4.78 is 38.0. The first-order valence-electron chi connectivity index (χ1n) is 46.7. The molecule has 16 aromatic rings. The van der Waals surface area contributed by atoms with Crippen molar-refractivity contribution in [3.05, 3.63) is 201 Å². The third-order valence-corrected chi connectivity index (χ3v) is 28.9. The first-order chi connectivity index (χ1) is 65.0. The molecule has 0 aliphatic carbocycles. The summed E-state index contributed by atoms with van der Waals surface area (Å²) in [4.78, 5) is 78.2. The van der Waals surface area contributed by atoms with Crippen LogP contribution in [0.5, 0.6) is 17.2 Å². The van der Waals surface area contributed by atoms with Crippen molar-refractivity contribution in [1.29, 1.82) is 0 Å². The Bertz CT molecular complexity index is 6990. The van der Waals surface area contributed by atoms with Gasteiger partial charge in [0.25, 0.3) is 0 Å². The highest BCUT2D eigenvalue weighted by molar-refractivity contribution is 6.02. The van der Waals surface area contributed by atoms with Crippen LogP contribution in [0.15, 0.2) is 184 Å². The number of nitrogens with zero attached hydrogens (tertiary/aromatic N) is 28. The van der Waals surface area contributed by atoms with Gasteiger partial charge in [-0.25, -0.2) is 42.4 Å². The number of anilines is 4. The Kier molecular flexibility index (Phi) is 23.3. The van der Waals surface area contributed by atoms with Crippen molar-refractivity contribution < 1.29 is 23.4 Å². The number of aryl methyl sites for hydroxylation is 2. The zero-order valence-corrected chi connectivity index (χ0v) is 76.5. The fraction of sp³-hybridized carbons (Fsp3) is 0.390. The van der Waals surface area contributed by atoms with Crippen LogP contribution in [0.25, 0.3) is 111 Å². The number of aromatic nitrogens is 16. The minimum atomic E-state index is -0.444. The van der Waals surface area contributed by atoms with Gasteiger partial charge in [0.2, 0.25) is 12.7 Å². The average Bonchev–Trinajstić information content (AvgIpc) is 1.64. The summed E-state index contributed by atoms with van der Waals surface area (Å²) in [5.41, 5.74) is 21.7. The van der Waals surface area contributed by atoms with Gasteiger partial charge in [-0.15, -0.1) is 0 Å². The second kappa shape index (κ2) is 36.4. The number of rotatable bonds is 13. The highest BCUT2D eigenvalue weighted by atomic mass is 19.1. The smallest absolute Gasteiger partial charge is 0.236 e. The highest BCUT2D eigenvalue weighted by Crippen LogP contribution is 2.42. The van der Waals surface area contributed by atoms with Gasteiger partial charge in [0.05, 0.1) is 133 Å². The van der Waals surface area contributed by atoms with E-state index in [1.807, 2.05) is 118 Å². The third kappa shape index (κ3) is 17.1. The Hall–Kier alpha value is -13.3. The number of fused-ring (bicyclic) bond motifs is 9. The normalized spacial score (nSPS) is 18.8. The van der Waals surface area contributed by atoms with E-state index in [9.17, 15) is 9.18 Å². The molecule has 21 heterocycles. The number of piperidine rings is 2. The first-order valence-corrected chi connectivity index (χ1v) is 46.7. The summed E-state index contributed by atoms with van der Waals surface area (Å²) in [6.07, 6.45) is 35.4. The van der Waals surface area contributed by atoms with Crippen molar-refractivity contribution in [3.63, 3.8) is 0 Å². The number of likely N-dealkylation sites (N-methyl/N-ethyl adjacent to an activating group) is 4. The van der Waals surface area contributed by atoms with Crippen LogP contribution in [-0.4, -0.2) is 340 Å². The molecule has 4 aromatic carbocycles. The van der Waals surface area contributed by atoms with Crippen LogP contribution in [0.3, 0.4) is 0 Å². The van der Waals surface area contributed by atoms with Gasteiger partial charge < -0.3 is 53.4 Å². The fourth-order valence-electron chi connectivity index (χ4n) is 20.6. The molecule has 0 unspecified atom stereocenters. The van der Waals surface area contributed by atoms with E-state index in [1.54, 1.807) is 23.0 Å². The lowest BCUT2D eigenvalue weighted by Crippen LogP contribution is -2.63. The maximum Gasteiger partial charge on any atom is 0.236 e. The second-order valence-corrected chi connectivity index (χ2v) is 37.1. The van der Waals surface area contributed by atoms with E-state index in [4.69, 9.17) is 34.1 Å². The molecular weight excluding hydrogens is 1680 g/mol. The molecule has 25 rings (SSSR count). The standard InChI is InChI=1S/C26H28FN7O2.C26H31N7.C24H25N7O2.C24H27N7/c1-31-9-10-33(16-25(31)35)17-4-7-32(8-5-17)18-13-29-26-21(14-30-34(26)15-18)19-3-6-28-23-12-22(27)24(36-2)11-20(19)23;1-19-3-4-25-23(15-19)22(5-8-27-25)24-17-29-33-18-21(16-28-26(24)33)31-9-6-20(7-10-31)32-13-11-30(2)12-14-32;1-28-4-6-29(7-5-28)17-12-30(13-17)16-10-26-24-20(11-27-31(24)14-16)18-2-3-25-21-9-23-22(8-19(18)21)32-15-33-23;1-17-3-4-23-21(11-17)20(5-6-25-23)22-13-27-31-16-18(12-26-24(22)31)30-14-19(15-30)29-9-7-28(2)8-10-29/h3,6,11-15,17H,4-5,7-10,16H2,1-2H3;3-5,8,15-18,20H,6-7,9-14H2,1-2H3;2-3,8-11,14,17H,4-7,12-13,15H2,1H3;3-6,11-13,16,19H,7-10,14-15H2,1-2H3. The number of hydrogen-bond acceptors (Lipinski definition) is 27. The van der Waals surface area contributed by atoms with Crippen LogP contribution in [0.4, 0.5) is 27.1 Å². The number of amides is 1. The van der Waals surface area contributed by atoms with Crippen LogP contribution in [-0.2, 0) is 4.79 Å². The summed E-state index contributed by atoms with van der Waals surface area (Å²) in [6, 6.07) is 30.2. The van der Waals surface area contributed by atoms with Gasteiger partial charge in [-0.05, 0) is 144 Å². The summed E-state index contributed by atoms with van der Waals surface area (Å²) in [5, 5.41) is 22.6. The lowest BCUT2D eigenvalue weighted by Gasteiger charge is -2.48. The maximum absolute atomic E-state index is 14.2. The van der Waals surface area contributed by atoms with E-state index in [1.165, 1.54) is 89.5 Å². The Morgan fingerprint density at radius 1 is 0.346 bits per heavy atom. The van der Waals surface area contributed by atoms with Crippen molar-refractivity contribution in [2.24, 2.45) is 0 Å². The van der Waals surface area contributed by atoms with E-state index >= 15 is 0 Å². The Morgan fingerprint density at radius 2 is 0.692 bits per heavy atom. The molecule has 32 nitrogen and oxygen atoms in total. The van der Waals surface area contributed by atoms with E-state index in [0.717, 1.165) is 244 Å². The molecule has 0 spiro atoms. The monoisotopic (exact) mass is 1790 g/mol. The van der Waals surface area contributed by atoms with E-state index in [2.05, 4.69) is 196 Å². The number of carbonyl (C=O) groups excluding carboxylic acids is 1. The molecular formula is C100H111FN28O4. The SMILES string of the molecule is CN1CCN(C2CN(c3cnc4c(-c5ccnc6cc7c(cc56)OCO7)cnn4c3)C2)CC1.COc1cc2c(-c3cnn4cc(N5CCC(N6CCN(C)C(=O)C6)CC5)cnc34)ccnc2cc1F.Cc1ccc2nccc(-c3cnn4cc(N5CC(N6CCN(C)CC6)C5)cnc34)c2c1.Cc1ccc2nccc(-c3cnn4cc(N5CCC(N6CCN(C)CC6)CC5)cnc34)c2c1. The molecule has 9 aliphatic heterocycles. The summed E-state index contributed by atoms with van der Waals surface area (Å²) in [5.74, 6) is 1.42. The molecule has 8 fully saturated rings. The maximum atomic E-state index is 14.2. The number of halogens is 1. The van der Waals surface area contributed by atoms with Crippen molar-refractivity contribution in [1.82, 2.24) is 118 Å². The number of carbonyl (C=O) groups is 1. The number of ether oxygens (including phenoxy) is 3. The van der Waals surface area contributed by atoms with E-state index in [0.29, 0.717) is 36.2 Å². The molecule has 0 bridgehead atoms. The van der Waals surface area contributed by atoms with Gasteiger partial charge in [-0.1, -0.05) is 23.3 Å². The number of pyridine rings is 4. The lowest BCUT2D eigenvalue weighted by molar-refractivity contribution is -0.135. The van der Waals surface area contributed by atoms with Crippen LogP contribution < -0.4 is 33.8 Å². The number of hydrogen-bond donors (Lipinski definition) is 0. The molecule has 0 radical (unpaired) electrons. The van der Waals surface area contributed by atoms with Crippen molar-refractivity contribution >= 4 is 94.9 Å². The largest absolute Gasteiger partial charge is 0.494 e. The van der Waals surface area contributed by atoms with Gasteiger partial charge in [0.15, 0.2) is 45.7 Å². The van der Waals surface area contributed by atoms with E-state index in [-0.39, 0.29) is 18.4 Å². The predicted octanol–water partition coefficient (Wildman–Crippen LogP) is 11.1. The summed E-state index contributed by atoms with van der Waals surface area (Å²) in [6.45, 7) is 29.1. The first kappa shape index (κ1) is 85.2. The molecule has 1 amide bonds. The van der Waals surface area contributed by atoms with Gasteiger partial charge >= 0.3 is 0 Å². The molecule has 33 heteroatoms.